The first kappa shape index (κ1) is 23.2. The van der Waals surface area contributed by atoms with Crippen LogP contribution < -0.4 is 10.2 Å². The Morgan fingerprint density at radius 3 is 2.32 bits per heavy atom. The minimum Gasteiger partial charge on any atom is -0.368 e. The van der Waals surface area contributed by atoms with Crippen molar-refractivity contribution in [3.05, 3.63) is 30.1 Å². The van der Waals surface area contributed by atoms with Crippen molar-refractivity contribution >= 4 is 35.6 Å². The summed E-state index contributed by atoms with van der Waals surface area (Å²) in [4.78, 5) is 12.0. The monoisotopic (exact) mass is 503 g/mol. The van der Waals surface area contributed by atoms with Crippen molar-refractivity contribution < 1.29 is 4.39 Å². The van der Waals surface area contributed by atoms with E-state index in [1.165, 1.54) is 44.5 Å². The van der Waals surface area contributed by atoms with E-state index in [-0.39, 0.29) is 29.8 Å². The number of aliphatic imine (C=N–C) groups is 1. The lowest BCUT2D eigenvalue weighted by Crippen LogP contribution is -2.52. The number of likely N-dealkylation sites (tertiary alicyclic amines) is 1. The number of benzene rings is 1. The second-order valence-electron chi connectivity index (χ2n) is 7.72. The van der Waals surface area contributed by atoms with Gasteiger partial charge in [0.2, 0.25) is 0 Å². The van der Waals surface area contributed by atoms with Gasteiger partial charge >= 0.3 is 0 Å². The molecule has 0 radical (unpaired) electrons. The van der Waals surface area contributed by atoms with Gasteiger partial charge in [0.25, 0.3) is 0 Å². The normalized spacial score (nSPS) is 19.5. The van der Waals surface area contributed by atoms with E-state index in [9.17, 15) is 4.39 Å². The van der Waals surface area contributed by atoms with Crippen LogP contribution in [0.4, 0.5) is 10.1 Å². The molecule has 0 bridgehead atoms. The molecule has 2 saturated heterocycles. The largest absolute Gasteiger partial charge is 0.368 e. The third-order valence-corrected chi connectivity index (χ3v) is 5.74. The molecule has 0 aromatic heterocycles. The van der Waals surface area contributed by atoms with Crippen LogP contribution in [-0.2, 0) is 0 Å². The lowest BCUT2D eigenvalue weighted by Gasteiger charge is -2.37. The predicted octanol–water partition coefficient (Wildman–Crippen LogP) is 3.26. The summed E-state index contributed by atoms with van der Waals surface area (Å²) in [6, 6.07) is 6.81. The molecule has 28 heavy (non-hydrogen) atoms. The predicted molar refractivity (Wildman–Crippen MR) is 126 cm³/mol. The number of hydrogen-bond acceptors (Lipinski definition) is 3. The quantitative estimate of drug-likeness (QED) is 0.380. The maximum absolute atomic E-state index is 13.1. The molecule has 0 saturated carbocycles. The van der Waals surface area contributed by atoms with Crippen LogP contribution in [0.5, 0.6) is 0 Å². The molecule has 0 unspecified atom stereocenters. The van der Waals surface area contributed by atoms with Crippen LogP contribution in [0.15, 0.2) is 29.3 Å². The van der Waals surface area contributed by atoms with Crippen molar-refractivity contribution in [2.24, 2.45) is 10.9 Å². The number of anilines is 1. The molecule has 0 aliphatic carbocycles. The van der Waals surface area contributed by atoms with Gasteiger partial charge in [-0.05, 0) is 76.5 Å². The van der Waals surface area contributed by atoms with Crippen LogP contribution in [0.3, 0.4) is 0 Å². The average molecular weight is 503 g/mol. The third kappa shape index (κ3) is 6.76. The van der Waals surface area contributed by atoms with Gasteiger partial charge in [-0.1, -0.05) is 0 Å². The molecule has 7 heteroatoms. The Morgan fingerprint density at radius 2 is 1.71 bits per heavy atom. The van der Waals surface area contributed by atoms with E-state index >= 15 is 0 Å². The number of nitrogens with one attached hydrogen (secondary N) is 1. The van der Waals surface area contributed by atoms with Gasteiger partial charge in [-0.3, -0.25) is 4.99 Å². The lowest BCUT2D eigenvalue weighted by molar-refractivity contribution is 0.214. The smallest absolute Gasteiger partial charge is 0.194 e. The number of halogens is 2. The Bertz CT molecular complexity index is 593. The highest BCUT2D eigenvalue weighted by Crippen LogP contribution is 2.20. The van der Waals surface area contributed by atoms with Crippen molar-refractivity contribution in [1.82, 2.24) is 15.1 Å². The molecule has 3 rings (SSSR count). The summed E-state index contributed by atoms with van der Waals surface area (Å²) in [6.45, 7) is 10.1. The van der Waals surface area contributed by atoms with Crippen LogP contribution in [-0.4, -0.2) is 75.2 Å². The Kier molecular flexibility index (Phi) is 9.77. The van der Waals surface area contributed by atoms with Gasteiger partial charge in [-0.25, -0.2) is 4.39 Å². The van der Waals surface area contributed by atoms with Gasteiger partial charge in [0, 0.05) is 45.0 Å². The molecule has 0 amide bonds. The zero-order valence-electron chi connectivity index (χ0n) is 17.2. The molecule has 2 aliphatic heterocycles. The summed E-state index contributed by atoms with van der Waals surface area (Å²) in [7, 11) is 2.21. The van der Waals surface area contributed by atoms with Gasteiger partial charge in [0.05, 0.1) is 0 Å². The SMILES string of the molecule is CCNC(=NCCC1CCN(C)CC1)N1CCN(c2ccc(F)cc2)CC1.I. The summed E-state index contributed by atoms with van der Waals surface area (Å²) in [5.74, 6) is 1.69. The fourth-order valence-electron chi connectivity index (χ4n) is 3.96. The topological polar surface area (TPSA) is 34.1 Å². The highest BCUT2D eigenvalue weighted by Gasteiger charge is 2.20. The van der Waals surface area contributed by atoms with E-state index < -0.39 is 0 Å². The molecule has 2 aliphatic rings. The molecule has 2 heterocycles. The van der Waals surface area contributed by atoms with Crippen molar-refractivity contribution in [2.45, 2.75) is 26.2 Å². The van der Waals surface area contributed by atoms with Gasteiger partial charge in [0.15, 0.2) is 5.96 Å². The summed E-state index contributed by atoms with van der Waals surface area (Å²) >= 11 is 0. The summed E-state index contributed by atoms with van der Waals surface area (Å²) < 4.78 is 13.1. The van der Waals surface area contributed by atoms with E-state index in [4.69, 9.17) is 4.99 Å². The maximum Gasteiger partial charge on any atom is 0.194 e. The zero-order valence-corrected chi connectivity index (χ0v) is 19.6. The highest BCUT2D eigenvalue weighted by molar-refractivity contribution is 14.0. The summed E-state index contributed by atoms with van der Waals surface area (Å²) in [5.41, 5.74) is 1.10. The molecular formula is C21H35FIN5. The minimum absolute atomic E-state index is 0. The molecule has 1 aromatic rings. The van der Waals surface area contributed by atoms with Crippen LogP contribution in [0.1, 0.15) is 26.2 Å². The first-order chi connectivity index (χ1) is 13.2. The number of nitrogens with zero attached hydrogens (tertiary/aromatic N) is 4. The Morgan fingerprint density at radius 1 is 1.07 bits per heavy atom. The standard InChI is InChI=1S/C21H34FN5.HI/c1-3-23-21(24-11-8-18-9-12-25(2)13-10-18)27-16-14-26(15-17-27)20-6-4-19(22)5-7-20;/h4-7,18H,3,8-17H2,1-2H3,(H,23,24);1H. The fourth-order valence-corrected chi connectivity index (χ4v) is 3.96. The summed E-state index contributed by atoms with van der Waals surface area (Å²) in [5, 5.41) is 3.46. The first-order valence-corrected chi connectivity index (χ1v) is 10.4. The van der Waals surface area contributed by atoms with Crippen molar-refractivity contribution in [3.8, 4) is 0 Å². The van der Waals surface area contributed by atoms with Crippen molar-refractivity contribution in [3.63, 3.8) is 0 Å². The van der Waals surface area contributed by atoms with Gasteiger partial charge in [-0.2, -0.15) is 0 Å². The Labute approximate surface area is 186 Å². The van der Waals surface area contributed by atoms with Crippen LogP contribution >= 0.6 is 24.0 Å². The maximum atomic E-state index is 13.1. The Balaban J connectivity index is 0.00000280. The fraction of sp³-hybridized carbons (Fsp3) is 0.667. The average Bonchev–Trinajstić information content (AvgIpc) is 2.70. The first-order valence-electron chi connectivity index (χ1n) is 10.4. The third-order valence-electron chi connectivity index (χ3n) is 5.74. The van der Waals surface area contributed by atoms with E-state index in [1.54, 1.807) is 0 Å². The molecule has 2 fully saturated rings. The van der Waals surface area contributed by atoms with Gasteiger partial charge < -0.3 is 20.0 Å². The minimum atomic E-state index is -0.177. The number of rotatable bonds is 5. The number of piperidine rings is 1. The molecule has 0 spiro atoms. The van der Waals surface area contributed by atoms with Crippen molar-refractivity contribution in [1.29, 1.82) is 0 Å². The van der Waals surface area contributed by atoms with E-state index in [0.29, 0.717) is 0 Å². The van der Waals surface area contributed by atoms with Crippen LogP contribution in [0, 0.1) is 11.7 Å². The number of piperazine rings is 1. The molecule has 158 valence electrons. The van der Waals surface area contributed by atoms with E-state index in [2.05, 4.69) is 34.0 Å². The molecule has 0 atom stereocenters. The lowest BCUT2D eigenvalue weighted by atomic mass is 9.94. The second kappa shape index (κ2) is 11.8. The summed E-state index contributed by atoms with van der Waals surface area (Å²) in [6.07, 6.45) is 3.80. The Hall–Kier alpha value is -1.09. The van der Waals surface area contributed by atoms with E-state index in [0.717, 1.165) is 56.8 Å². The molecule has 1 aromatic carbocycles. The number of guanidine groups is 1. The number of hydrogen-bond donors (Lipinski definition) is 1. The molecule has 1 N–H and O–H groups in total. The van der Waals surface area contributed by atoms with Gasteiger partial charge in [-0.15, -0.1) is 24.0 Å². The van der Waals surface area contributed by atoms with Crippen LogP contribution in [0.25, 0.3) is 0 Å². The zero-order chi connectivity index (χ0) is 19.1. The molecule has 5 nitrogen and oxygen atoms in total. The van der Waals surface area contributed by atoms with E-state index in [1.807, 2.05) is 12.1 Å². The highest BCUT2D eigenvalue weighted by atomic mass is 127. The van der Waals surface area contributed by atoms with Gasteiger partial charge in [0.1, 0.15) is 5.82 Å². The van der Waals surface area contributed by atoms with Crippen LogP contribution in [0.2, 0.25) is 0 Å². The molecular weight excluding hydrogens is 468 g/mol. The second-order valence-corrected chi connectivity index (χ2v) is 7.72. The van der Waals surface area contributed by atoms with Crippen molar-refractivity contribution in [2.75, 3.05) is 64.3 Å².